The summed E-state index contributed by atoms with van der Waals surface area (Å²) in [6.45, 7) is 2.27. The first kappa shape index (κ1) is 25.0. The minimum absolute atomic E-state index is 0.210. The fraction of sp³-hybridized carbons (Fsp3) is 0.103. The predicted octanol–water partition coefficient (Wildman–Crippen LogP) is 6.78. The van der Waals surface area contributed by atoms with Crippen molar-refractivity contribution >= 4 is 39.1 Å². The molecule has 0 atom stereocenters. The summed E-state index contributed by atoms with van der Waals surface area (Å²) >= 11 is 3.52. The van der Waals surface area contributed by atoms with Crippen molar-refractivity contribution in [2.24, 2.45) is 0 Å². The Balaban J connectivity index is 1.37. The van der Waals surface area contributed by atoms with Gasteiger partial charge < -0.3 is 20.1 Å². The van der Waals surface area contributed by atoms with Crippen molar-refractivity contribution in [2.45, 2.75) is 6.92 Å². The SMILES string of the molecule is CCOc1ccc(NC(=O)c2ccccc2NC(=O)COc2ccc(-c3ccccc3)cc2Br)cc1. The van der Waals surface area contributed by atoms with Crippen LogP contribution in [0.1, 0.15) is 17.3 Å². The van der Waals surface area contributed by atoms with Crippen LogP contribution in [-0.4, -0.2) is 25.0 Å². The molecule has 0 aromatic heterocycles. The number of hydrogen-bond acceptors (Lipinski definition) is 4. The van der Waals surface area contributed by atoms with Gasteiger partial charge in [0.15, 0.2) is 6.61 Å². The molecule has 0 heterocycles. The first-order valence-electron chi connectivity index (χ1n) is 11.4. The summed E-state index contributed by atoms with van der Waals surface area (Å²) < 4.78 is 11.9. The number of benzene rings is 4. The van der Waals surface area contributed by atoms with Gasteiger partial charge in [-0.2, -0.15) is 0 Å². The Kier molecular flexibility index (Phi) is 8.36. The summed E-state index contributed by atoms with van der Waals surface area (Å²) in [5.74, 6) is 0.557. The molecular formula is C29H25BrN2O4. The molecule has 0 unspecified atom stereocenters. The highest BCUT2D eigenvalue weighted by Gasteiger charge is 2.14. The second kappa shape index (κ2) is 12.0. The van der Waals surface area contributed by atoms with E-state index in [0.717, 1.165) is 21.3 Å². The molecule has 4 aromatic rings. The van der Waals surface area contributed by atoms with E-state index >= 15 is 0 Å². The van der Waals surface area contributed by atoms with E-state index in [2.05, 4.69) is 26.6 Å². The van der Waals surface area contributed by atoms with E-state index in [0.29, 0.717) is 29.3 Å². The molecule has 2 amide bonds. The average molecular weight is 545 g/mol. The zero-order chi connectivity index (χ0) is 25.3. The van der Waals surface area contributed by atoms with Gasteiger partial charge in [0.2, 0.25) is 0 Å². The van der Waals surface area contributed by atoms with Crippen LogP contribution in [0.4, 0.5) is 11.4 Å². The first-order valence-corrected chi connectivity index (χ1v) is 12.2. The molecule has 0 spiro atoms. The smallest absolute Gasteiger partial charge is 0.262 e. The number of carbonyl (C=O) groups excluding carboxylic acids is 2. The van der Waals surface area contributed by atoms with Gasteiger partial charge in [-0.05, 0) is 82.5 Å². The number of para-hydroxylation sites is 1. The maximum absolute atomic E-state index is 12.9. The van der Waals surface area contributed by atoms with Crippen LogP contribution in [0.2, 0.25) is 0 Å². The molecule has 36 heavy (non-hydrogen) atoms. The third kappa shape index (κ3) is 6.52. The highest BCUT2D eigenvalue weighted by molar-refractivity contribution is 9.10. The van der Waals surface area contributed by atoms with E-state index in [1.165, 1.54) is 0 Å². The maximum atomic E-state index is 12.9. The number of halogens is 1. The number of hydrogen-bond donors (Lipinski definition) is 2. The lowest BCUT2D eigenvalue weighted by atomic mass is 10.1. The van der Waals surface area contributed by atoms with Crippen LogP contribution in [-0.2, 0) is 4.79 Å². The predicted molar refractivity (Wildman–Crippen MR) is 146 cm³/mol. The lowest BCUT2D eigenvalue weighted by Crippen LogP contribution is -2.23. The number of amides is 2. The van der Waals surface area contributed by atoms with Crippen LogP contribution in [0.5, 0.6) is 11.5 Å². The summed E-state index contributed by atoms with van der Waals surface area (Å²) in [4.78, 5) is 25.5. The quantitative estimate of drug-likeness (QED) is 0.243. The lowest BCUT2D eigenvalue weighted by molar-refractivity contribution is -0.118. The topological polar surface area (TPSA) is 76.7 Å². The maximum Gasteiger partial charge on any atom is 0.262 e. The number of ether oxygens (including phenoxy) is 2. The van der Waals surface area contributed by atoms with E-state index in [9.17, 15) is 9.59 Å². The summed E-state index contributed by atoms with van der Waals surface area (Å²) in [5, 5.41) is 5.61. The van der Waals surface area contributed by atoms with Gasteiger partial charge in [-0.3, -0.25) is 9.59 Å². The van der Waals surface area contributed by atoms with Crippen molar-refractivity contribution in [3.8, 4) is 22.6 Å². The second-order valence-corrected chi connectivity index (χ2v) is 8.66. The molecular weight excluding hydrogens is 520 g/mol. The van der Waals surface area contributed by atoms with Gasteiger partial charge in [-0.15, -0.1) is 0 Å². The average Bonchev–Trinajstić information content (AvgIpc) is 2.90. The molecule has 0 aliphatic heterocycles. The van der Waals surface area contributed by atoms with E-state index in [4.69, 9.17) is 9.47 Å². The molecule has 7 heteroatoms. The largest absolute Gasteiger partial charge is 0.494 e. The minimum Gasteiger partial charge on any atom is -0.494 e. The van der Waals surface area contributed by atoms with E-state index in [1.54, 1.807) is 48.5 Å². The van der Waals surface area contributed by atoms with E-state index < -0.39 is 0 Å². The van der Waals surface area contributed by atoms with Gasteiger partial charge in [-0.1, -0.05) is 48.5 Å². The first-order chi connectivity index (χ1) is 17.5. The number of carbonyl (C=O) groups is 2. The Labute approximate surface area is 218 Å². The zero-order valence-electron chi connectivity index (χ0n) is 19.7. The summed E-state index contributed by atoms with van der Waals surface area (Å²) in [6.07, 6.45) is 0. The zero-order valence-corrected chi connectivity index (χ0v) is 21.2. The molecule has 0 fully saturated rings. The monoisotopic (exact) mass is 544 g/mol. The van der Waals surface area contributed by atoms with Gasteiger partial charge in [-0.25, -0.2) is 0 Å². The highest BCUT2D eigenvalue weighted by atomic mass is 79.9. The number of anilines is 2. The summed E-state index contributed by atoms with van der Waals surface area (Å²) in [7, 11) is 0. The Morgan fingerprint density at radius 2 is 1.50 bits per heavy atom. The standard InChI is InChI=1S/C29H25BrN2O4/c1-2-35-23-15-13-22(14-16-23)31-29(34)24-10-6-7-11-26(24)32-28(33)19-36-27-17-12-21(18-25(27)30)20-8-4-3-5-9-20/h3-18H,2,19H2,1H3,(H,31,34)(H,32,33). The van der Waals surface area contributed by atoms with E-state index in [1.807, 2.05) is 55.5 Å². The Bertz CT molecular complexity index is 1340. The van der Waals surface area contributed by atoms with Crippen molar-refractivity contribution in [1.82, 2.24) is 0 Å². The van der Waals surface area contributed by atoms with Crippen molar-refractivity contribution in [2.75, 3.05) is 23.8 Å². The summed E-state index contributed by atoms with van der Waals surface area (Å²) in [6, 6.07) is 29.6. The fourth-order valence-electron chi connectivity index (χ4n) is 3.55. The van der Waals surface area contributed by atoms with Crippen LogP contribution in [0, 0.1) is 0 Å². The molecule has 6 nitrogen and oxygen atoms in total. The summed E-state index contributed by atoms with van der Waals surface area (Å²) in [5.41, 5.74) is 3.48. The normalized spacial score (nSPS) is 10.4. The Hall–Kier alpha value is -4.10. The van der Waals surface area contributed by atoms with Crippen molar-refractivity contribution < 1.29 is 19.1 Å². The van der Waals surface area contributed by atoms with Gasteiger partial charge >= 0.3 is 0 Å². The van der Waals surface area contributed by atoms with Crippen LogP contribution < -0.4 is 20.1 Å². The molecule has 0 saturated heterocycles. The third-order valence-corrected chi connectivity index (χ3v) is 5.89. The Morgan fingerprint density at radius 1 is 0.778 bits per heavy atom. The van der Waals surface area contributed by atoms with E-state index in [-0.39, 0.29) is 18.4 Å². The Morgan fingerprint density at radius 3 is 2.22 bits per heavy atom. The number of nitrogens with one attached hydrogen (secondary N) is 2. The second-order valence-electron chi connectivity index (χ2n) is 7.81. The van der Waals surface area contributed by atoms with Gasteiger partial charge in [0, 0.05) is 5.69 Å². The number of rotatable bonds is 9. The minimum atomic E-state index is -0.379. The van der Waals surface area contributed by atoms with Crippen LogP contribution in [0.15, 0.2) is 102 Å². The molecule has 0 aliphatic rings. The van der Waals surface area contributed by atoms with Gasteiger partial charge in [0.25, 0.3) is 11.8 Å². The fourth-order valence-corrected chi connectivity index (χ4v) is 4.04. The van der Waals surface area contributed by atoms with Crippen LogP contribution in [0.25, 0.3) is 11.1 Å². The van der Waals surface area contributed by atoms with Gasteiger partial charge in [0.05, 0.1) is 22.3 Å². The van der Waals surface area contributed by atoms with Gasteiger partial charge in [0.1, 0.15) is 11.5 Å². The van der Waals surface area contributed by atoms with Crippen molar-refractivity contribution in [1.29, 1.82) is 0 Å². The molecule has 4 rings (SSSR count). The molecule has 182 valence electrons. The molecule has 2 N–H and O–H groups in total. The molecule has 0 radical (unpaired) electrons. The molecule has 4 aromatic carbocycles. The molecule has 0 aliphatic carbocycles. The molecule has 0 bridgehead atoms. The van der Waals surface area contributed by atoms with Crippen molar-refractivity contribution in [3.05, 3.63) is 107 Å². The van der Waals surface area contributed by atoms with Crippen molar-refractivity contribution in [3.63, 3.8) is 0 Å². The molecule has 0 saturated carbocycles. The highest BCUT2D eigenvalue weighted by Crippen LogP contribution is 2.30. The van der Waals surface area contributed by atoms with Crippen LogP contribution in [0.3, 0.4) is 0 Å². The third-order valence-electron chi connectivity index (χ3n) is 5.27. The van der Waals surface area contributed by atoms with Crippen LogP contribution >= 0.6 is 15.9 Å². The lowest BCUT2D eigenvalue weighted by Gasteiger charge is -2.13.